The van der Waals surface area contributed by atoms with Crippen molar-refractivity contribution in [2.45, 2.75) is 18.9 Å². The van der Waals surface area contributed by atoms with Crippen molar-refractivity contribution in [3.63, 3.8) is 0 Å². The van der Waals surface area contributed by atoms with Gasteiger partial charge in [0.2, 0.25) is 0 Å². The van der Waals surface area contributed by atoms with Gasteiger partial charge in [-0.1, -0.05) is 0 Å². The quantitative estimate of drug-likeness (QED) is 0.893. The number of hydrogen-bond acceptors (Lipinski definition) is 4. The number of carbonyl (C=O) groups excluding carboxylic acids is 1. The summed E-state index contributed by atoms with van der Waals surface area (Å²) in [4.78, 5) is 12.1. The van der Waals surface area contributed by atoms with E-state index in [1.807, 2.05) is 10.9 Å². The van der Waals surface area contributed by atoms with Crippen LogP contribution in [-0.4, -0.2) is 38.6 Å². The van der Waals surface area contributed by atoms with E-state index in [9.17, 15) is 4.79 Å². The second-order valence-corrected chi connectivity index (χ2v) is 5.01. The molecule has 2 N–H and O–H groups in total. The summed E-state index contributed by atoms with van der Waals surface area (Å²) in [6, 6.07) is 3.83. The Bertz CT molecular complexity index is 601. The van der Waals surface area contributed by atoms with Gasteiger partial charge in [-0.25, -0.2) is 0 Å². The molecule has 0 aliphatic carbocycles. The molecular formula is C13H19ClN6O. The lowest BCUT2D eigenvalue weighted by Gasteiger charge is -2.22. The highest BCUT2D eigenvalue weighted by molar-refractivity contribution is 6.02. The van der Waals surface area contributed by atoms with Gasteiger partial charge >= 0.3 is 0 Å². The summed E-state index contributed by atoms with van der Waals surface area (Å²) < 4.78 is 3.52. The molecule has 3 heterocycles. The molecule has 0 aromatic carbocycles. The lowest BCUT2D eigenvalue weighted by Crippen LogP contribution is -2.32. The first kappa shape index (κ1) is 15.5. The van der Waals surface area contributed by atoms with Crippen molar-refractivity contribution >= 4 is 24.1 Å². The zero-order valence-corrected chi connectivity index (χ0v) is 12.6. The van der Waals surface area contributed by atoms with Crippen molar-refractivity contribution < 1.29 is 4.79 Å². The first-order chi connectivity index (χ1) is 9.72. The van der Waals surface area contributed by atoms with Crippen LogP contribution in [0.2, 0.25) is 0 Å². The van der Waals surface area contributed by atoms with Crippen molar-refractivity contribution in [3.05, 3.63) is 30.2 Å². The van der Waals surface area contributed by atoms with Crippen LogP contribution in [0.3, 0.4) is 0 Å². The maximum atomic E-state index is 12.1. The number of hydrogen-bond donors (Lipinski definition) is 2. The van der Waals surface area contributed by atoms with E-state index in [0.717, 1.165) is 25.9 Å². The molecule has 2 aromatic heterocycles. The molecule has 0 radical (unpaired) electrons. The number of rotatable bonds is 3. The lowest BCUT2D eigenvalue weighted by atomic mass is 10.1. The minimum absolute atomic E-state index is 0. The number of nitrogens with one attached hydrogen (secondary N) is 2. The lowest BCUT2D eigenvalue weighted by molar-refractivity contribution is 0.102. The Balaban J connectivity index is 0.00000161. The second kappa shape index (κ2) is 6.73. The van der Waals surface area contributed by atoms with Crippen LogP contribution in [0.4, 0.5) is 5.82 Å². The summed E-state index contributed by atoms with van der Waals surface area (Å²) in [7, 11) is 1.81. The monoisotopic (exact) mass is 310 g/mol. The SMILES string of the molecule is Cl.Cn1ccc(NC(=O)c2ccn(C3CCCNC3)n2)n1. The van der Waals surface area contributed by atoms with Crippen molar-refractivity contribution in [2.24, 2.45) is 7.05 Å². The summed E-state index contributed by atoms with van der Waals surface area (Å²) in [5, 5.41) is 14.6. The fraction of sp³-hybridized carbons (Fsp3) is 0.462. The van der Waals surface area contributed by atoms with Crippen molar-refractivity contribution in [3.8, 4) is 0 Å². The van der Waals surface area contributed by atoms with Gasteiger partial charge in [0.1, 0.15) is 0 Å². The van der Waals surface area contributed by atoms with E-state index in [2.05, 4.69) is 20.8 Å². The van der Waals surface area contributed by atoms with E-state index in [1.165, 1.54) is 0 Å². The third-order valence-corrected chi connectivity index (χ3v) is 3.44. The van der Waals surface area contributed by atoms with Crippen LogP contribution < -0.4 is 10.6 Å². The molecule has 2 aromatic rings. The molecule has 0 saturated carbocycles. The number of piperidine rings is 1. The molecule has 1 aliphatic heterocycles. The van der Waals surface area contributed by atoms with Crippen LogP contribution in [0.5, 0.6) is 0 Å². The van der Waals surface area contributed by atoms with E-state index in [4.69, 9.17) is 0 Å². The number of halogens is 1. The number of aromatic nitrogens is 4. The van der Waals surface area contributed by atoms with E-state index < -0.39 is 0 Å². The predicted octanol–water partition coefficient (Wildman–Crippen LogP) is 1.22. The van der Waals surface area contributed by atoms with Gasteiger partial charge < -0.3 is 10.6 Å². The summed E-state index contributed by atoms with van der Waals surface area (Å²) in [6.45, 7) is 1.97. The van der Waals surface area contributed by atoms with Gasteiger partial charge in [0, 0.05) is 32.1 Å². The fourth-order valence-electron chi connectivity index (χ4n) is 2.38. The molecule has 3 rings (SSSR count). The molecule has 21 heavy (non-hydrogen) atoms. The molecule has 7 nitrogen and oxygen atoms in total. The zero-order valence-electron chi connectivity index (χ0n) is 11.8. The van der Waals surface area contributed by atoms with Gasteiger partial charge in [-0.2, -0.15) is 10.2 Å². The molecule has 8 heteroatoms. The van der Waals surface area contributed by atoms with Crippen LogP contribution in [-0.2, 0) is 7.05 Å². The van der Waals surface area contributed by atoms with Crippen molar-refractivity contribution in [1.29, 1.82) is 0 Å². The molecule has 0 bridgehead atoms. The smallest absolute Gasteiger partial charge is 0.277 e. The maximum Gasteiger partial charge on any atom is 0.277 e. The Morgan fingerprint density at radius 2 is 2.24 bits per heavy atom. The van der Waals surface area contributed by atoms with Gasteiger partial charge in [-0.15, -0.1) is 12.4 Å². The highest BCUT2D eigenvalue weighted by Gasteiger charge is 2.18. The average molecular weight is 311 g/mol. The summed E-state index contributed by atoms with van der Waals surface area (Å²) in [5.41, 5.74) is 0.418. The fourth-order valence-corrected chi connectivity index (χ4v) is 2.38. The van der Waals surface area contributed by atoms with Gasteiger partial charge in [0.15, 0.2) is 11.5 Å². The second-order valence-electron chi connectivity index (χ2n) is 5.01. The van der Waals surface area contributed by atoms with Crippen molar-refractivity contribution in [1.82, 2.24) is 24.9 Å². The average Bonchev–Trinajstić information content (AvgIpc) is 3.09. The van der Waals surface area contributed by atoms with Gasteiger partial charge in [0.05, 0.1) is 6.04 Å². The zero-order chi connectivity index (χ0) is 13.9. The van der Waals surface area contributed by atoms with Crippen LogP contribution >= 0.6 is 12.4 Å². The van der Waals surface area contributed by atoms with Crippen molar-refractivity contribution in [2.75, 3.05) is 18.4 Å². The van der Waals surface area contributed by atoms with Crippen LogP contribution in [0.15, 0.2) is 24.5 Å². The molecule has 1 amide bonds. The minimum atomic E-state index is -0.230. The molecular weight excluding hydrogens is 292 g/mol. The van der Waals surface area contributed by atoms with Gasteiger partial charge in [-0.05, 0) is 25.5 Å². The third-order valence-electron chi connectivity index (χ3n) is 3.44. The molecule has 0 spiro atoms. The number of aryl methyl sites for hydroxylation is 1. The summed E-state index contributed by atoms with van der Waals surface area (Å²) >= 11 is 0. The molecule has 1 aliphatic rings. The topological polar surface area (TPSA) is 76.8 Å². The van der Waals surface area contributed by atoms with Crippen LogP contribution in [0, 0.1) is 0 Å². The summed E-state index contributed by atoms with van der Waals surface area (Å²) in [6.07, 6.45) is 5.88. The number of anilines is 1. The highest BCUT2D eigenvalue weighted by atomic mass is 35.5. The minimum Gasteiger partial charge on any atom is -0.315 e. The molecule has 1 fully saturated rings. The Labute approximate surface area is 129 Å². The molecule has 114 valence electrons. The number of nitrogens with zero attached hydrogens (tertiary/aromatic N) is 4. The Morgan fingerprint density at radius 1 is 1.38 bits per heavy atom. The predicted molar refractivity (Wildman–Crippen MR) is 81.8 cm³/mol. The third kappa shape index (κ3) is 3.62. The number of amides is 1. The van der Waals surface area contributed by atoms with Crippen LogP contribution in [0.1, 0.15) is 29.4 Å². The van der Waals surface area contributed by atoms with Gasteiger partial charge in [-0.3, -0.25) is 14.2 Å². The number of carbonyl (C=O) groups is 1. The van der Waals surface area contributed by atoms with Gasteiger partial charge in [0.25, 0.3) is 5.91 Å². The highest BCUT2D eigenvalue weighted by Crippen LogP contribution is 2.16. The van der Waals surface area contributed by atoms with E-state index in [0.29, 0.717) is 17.6 Å². The Kier molecular flexibility index (Phi) is 4.98. The first-order valence-corrected chi connectivity index (χ1v) is 6.79. The maximum absolute atomic E-state index is 12.1. The standard InChI is InChI=1S/C13H18N6O.ClH/c1-18-7-5-12(17-18)15-13(20)11-4-8-19(16-11)10-3-2-6-14-9-10;/h4-5,7-8,10,14H,2-3,6,9H2,1H3,(H,15,17,20);1H. The largest absolute Gasteiger partial charge is 0.315 e. The van der Waals surface area contributed by atoms with E-state index >= 15 is 0 Å². The van der Waals surface area contributed by atoms with Crippen LogP contribution in [0.25, 0.3) is 0 Å². The molecule has 1 saturated heterocycles. The normalized spacial score (nSPS) is 18.0. The Hall–Kier alpha value is -1.86. The first-order valence-electron chi connectivity index (χ1n) is 6.79. The Morgan fingerprint density at radius 3 is 2.90 bits per heavy atom. The van der Waals surface area contributed by atoms with E-state index in [-0.39, 0.29) is 18.3 Å². The molecule has 1 atom stereocenters. The summed E-state index contributed by atoms with van der Waals surface area (Å²) in [5.74, 6) is 0.303. The van der Waals surface area contributed by atoms with E-state index in [1.54, 1.807) is 30.1 Å². The molecule has 1 unspecified atom stereocenters.